The van der Waals surface area contributed by atoms with Crippen LogP contribution in [0.2, 0.25) is 5.02 Å². The van der Waals surface area contributed by atoms with Gasteiger partial charge in [0.2, 0.25) is 11.8 Å². The fourth-order valence-corrected chi connectivity index (χ4v) is 3.53. The average Bonchev–Trinajstić information content (AvgIpc) is 2.74. The van der Waals surface area contributed by atoms with Crippen molar-refractivity contribution in [2.45, 2.75) is 52.1 Å². The van der Waals surface area contributed by atoms with Crippen molar-refractivity contribution >= 4 is 23.4 Å². The Labute approximate surface area is 184 Å². The molecule has 2 aromatic carbocycles. The minimum atomic E-state index is -0.542. The number of methoxy groups -OCH3 is 1. The maximum atomic E-state index is 13.3. The smallest absolute Gasteiger partial charge is 0.242 e. The summed E-state index contributed by atoms with van der Waals surface area (Å²) in [6.07, 6.45) is 2.62. The number of unbranched alkanes of at least 4 members (excludes halogenated alkanes) is 1. The molecule has 0 bridgehead atoms. The van der Waals surface area contributed by atoms with Gasteiger partial charge in [0.05, 0.1) is 13.5 Å². The topological polar surface area (TPSA) is 58.6 Å². The summed E-state index contributed by atoms with van der Waals surface area (Å²) in [6.45, 7) is 4.94. The van der Waals surface area contributed by atoms with E-state index < -0.39 is 6.04 Å². The average molecular weight is 431 g/mol. The maximum Gasteiger partial charge on any atom is 0.242 e. The van der Waals surface area contributed by atoms with E-state index >= 15 is 0 Å². The Morgan fingerprint density at radius 3 is 2.50 bits per heavy atom. The van der Waals surface area contributed by atoms with Crippen molar-refractivity contribution in [1.82, 2.24) is 10.2 Å². The van der Waals surface area contributed by atoms with Crippen LogP contribution in [0, 0.1) is 0 Å². The van der Waals surface area contributed by atoms with Crippen molar-refractivity contribution < 1.29 is 14.3 Å². The van der Waals surface area contributed by atoms with Crippen LogP contribution in [0.25, 0.3) is 0 Å². The first kappa shape index (κ1) is 23.7. The minimum absolute atomic E-state index is 0.113. The van der Waals surface area contributed by atoms with E-state index in [1.54, 1.807) is 24.1 Å². The normalized spacial score (nSPS) is 11.6. The number of ether oxygens (including phenoxy) is 1. The summed E-state index contributed by atoms with van der Waals surface area (Å²) in [7, 11) is 1.61. The lowest BCUT2D eigenvalue weighted by Crippen LogP contribution is -2.49. The van der Waals surface area contributed by atoms with E-state index in [1.165, 1.54) is 0 Å². The zero-order chi connectivity index (χ0) is 21.9. The number of nitrogens with one attached hydrogen (secondary N) is 1. The van der Waals surface area contributed by atoms with E-state index in [0.29, 0.717) is 24.5 Å². The van der Waals surface area contributed by atoms with E-state index in [1.807, 2.05) is 43.3 Å². The number of hydrogen-bond donors (Lipinski definition) is 1. The molecular weight excluding hydrogens is 400 g/mol. The summed E-state index contributed by atoms with van der Waals surface area (Å²) in [5.74, 6) is 0.487. The van der Waals surface area contributed by atoms with Crippen LogP contribution >= 0.6 is 11.6 Å². The summed E-state index contributed by atoms with van der Waals surface area (Å²) in [4.78, 5) is 27.8. The number of carbonyl (C=O) groups is 2. The van der Waals surface area contributed by atoms with Gasteiger partial charge >= 0.3 is 0 Å². The largest absolute Gasteiger partial charge is 0.497 e. The molecule has 6 heteroatoms. The lowest BCUT2D eigenvalue weighted by molar-refractivity contribution is -0.140. The lowest BCUT2D eigenvalue weighted by Gasteiger charge is -2.31. The highest BCUT2D eigenvalue weighted by Crippen LogP contribution is 2.19. The molecule has 2 aromatic rings. The van der Waals surface area contributed by atoms with Crippen molar-refractivity contribution in [3.05, 3.63) is 64.7 Å². The van der Waals surface area contributed by atoms with Gasteiger partial charge in [0.1, 0.15) is 11.8 Å². The first-order chi connectivity index (χ1) is 14.5. The molecule has 0 heterocycles. The van der Waals surface area contributed by atoms with Gasteiger partial charge in [-0.05, 0) is 48.2 Å². The second-order valence-corrected chi connectivity index (χ2v) is 7.68. The Morgan fingerprint density at radius 1 is 1.10 bits per heavy atom. The molecule has 0 spiro atoms. The van der Waals surface area contributed by atoms with Crippen molar-refractivity contribution in [3.63, 3.8) is 0 Å². The molecule has 162 valence electrons. The van der Waals surface area contributed by atoms with Gasteiger partial charge in [-0.1, -0.05) is 56.1 Å². The molecule has 0 saturated heterocycles. The van der Waals surface area contributed by atoms with E-state index in [4.69, 9.17) is 16.3 Å². The predicted molar refractivity (Wildman–Crippen MR) is 121 cm³/mol. The SMILES string of the molecule is CCCCNC(=O)C(CC)N(Cc1cccc(OC)c1)C(=O)Cc1cccc(Cl)c1. The fourth-order valence-electron chi connectivity index (χ4n) is 3.32. The number of carbonyl (C=O) groups excluding carboxylic acids is 2. The van der Waals surface area contributed by atoms with Crippen molar-refractivity contribution in [2.24, 2.45) is 0 Å². The molecule has 2 rings (SSSR count). The van der Waals surface area contributed by atoms with Crippen molar-refractivity contribution in [3.8, 4) is 5.75 Å². The molecule has 5 nitrogen and oxygen atoms in total. The van der Waals surface area contributed by atoms with E-state index in [-0.39, 0.29) is 18.2 Å². The van der Waals surface area contributed by atoms with Crippen LogP contribution in [-0.4, -0.2) is 36.4 Å². The monoisotopic (exact) mass is 430 g/mol. The van der Waals surface area contributed by atoms with Crippen molar-refractivity contribution in [2.75, 3.05) is 13.7 Å². The second-order valence-electron chi connectivity index (χ2n) is 7.25. The number of hydrogen-bond acceptors (Lipinski definition) is 3. The van der Waals surface area contributed by atoms with Gasteiger partial charge < -0.3 is 15.0 Å². The third-order valence-electron chi connectivity index (χ3n) is 4.95. The summed E-state index contributed by atoms with van der Waals surface area (Å²) in [5.41, 5.74) is 1.73. The number of amides is 2. The van der Waals surface area contributed by atoms with Crippen molar-refractivity contribution in [1.29, 1.82) is 0 Å². The van der Waals surface area contributed by atoms with Crippen LogP contribution in [0.3, 0.4) is 0 Å². The molecule has 0 fully saturated rings. The Bertz CT molecular complexity index is 841. The zero-order valence-electron chi connectivity index (χ0n) is 18.0. The highest BCUT2D eigenvalue weighted by atomic mass is 35.5. The number of nitrogens with zero attached hydrogens (tertiary/aromatic N) is 1. The molecule has 0 radical (unpaired) electrons. The van der Waals surface area contributed by atoms with Gasteiger partial charge in [-0.3, -0.25) is 9.59 Å². The molecule has 2 amide bonds. The summed E-state index contributed by atoms with van der Waals surface area (Å²) in [5, 5.41) is 3.56. The molecule has 0 aliphatic carbocycles. The molecule has 1 atom stereocenters. The molecule has 0 aliphatic rings. The maximum absolute atomic E-state index is 13.3. The predicted octanol–water partition coefficient (Wildman–Crippen LogP) is 4.61. The quantitative estimate of drug-likeness (QED) is 0.529. The second kappa shape index (κ2) is 12.2. The first-order valence-corrected chi connectivity index (χ1v) is 10.8. The van der Waals surface area contributed by atoms with E-state index in [9.17, 15) is 9.59 Å². The lowest BCUT2D eigenvalue weighted by atomic mass is 10.1. The summed E-state index contributed by atoms with van der Waals surface area (Å²) < 4.78 is 5.31. The van der Waals surface area contributed by atoms with Gasteiger partial charge in [-0.2, -0.15) is 0 Å². The molecular formula is C24H31ClN2O3. The molecule has 0 aliphatic heterocycles. The Balaban J connectivity index is 2.26. The zero-order valence-corrected chi connectivity index (χ0v) is 18.7. The third kappa shape index (κ3) is 7.06. The Hall–Kier alpha value is -2.53. The van der Waals surface area contributed by atoms with Crippen LogP contribution in [0.15, 0.2) is 48.5 Å². The number of halogens is 1. The first-order valence-electron chi connectivity index (χ1n) is 10.4. The van der Waals surface area contributed by atoms with Gasteiger partial charge in [0.15, 0.2) is 0 Å². The summed E-state index contributed by atoms with van der Waals surface area (Å²) in [6, 6.07) is 14.3. The third-order valence-corrected chi connectivity index (χ3v) is 5.18. The van der Waals surface area contributed by atoms with Crippen LogP contribution < -0.4 is 10.1 Å². The standard InChI is InChI=1S/C24H31ClN2O3/c1-4-6-13-26-24(29)22(5-2)27(17-19-10-8-12-21(15-19)30-3)23(28)16-18-9-7-11-20(25)14-18/h7-12,14-15,22H,4-6,13,16-17H2,1-3H3,(H,26,29). The van der Waals surface area contributed by atoms with E-state index in [2.05, 4.69) is 12.2 Å². The van der Waals surface area contributed by atoms with Gasteiger partial charge in [0, 0.05) is 18.1 Å². The van der Waals surface area contributed by atoms with Crippen LogP contribution in [-0.2, 0) is 22.6 Å². The Kier molecular flexibility index (Phi) is 9.68. The highest BCUT2D eigenvalue weighted by molar-refractivity contribution is 6.30. The van der Waals surface area contributed by atoms with Crippen LogP contribution in [0.5, 0.6) is 5.75 Å². The van der Waals surface area contributed by atoms with E-state index in [0.717, 1.165) is 29.7 Å². The summed E-state index contributed by atoms with van der Waals surface area (Å²) >= 11 is 6.08. The minimum Gasteiger partial charge on any atom is -0.497 e. The van der Waals surface area contributed by atoms with Crippen LogP contribution in [0.4, 0.5) is 0 Å². The van der Waals surface area contributed by atoms with Gasteiger partial charge in [-0.15, -0.1) is 0 Å². The van der Waals surface area contributed by atoms with Gasteiger partial charge in [-0.25, -0.2) is 0 Å². The molecule has 0 aromatic heterocycles. The number of benzene rings is 2. The fraction of sp³-hybridized carbons (Fsp3) is 0.417. The molecule has 0 saturated carbocycles. The van der Waals surface area contributed by atoms with Gasteiger partial charge in [0.25, 0.3) is 0 Å². The number of rotatable bonds is 11. The van der Waals surface area contributed by atoms with Crippen LogP contribution in [0.1, 0.15) is 44.2 Å². The molecule has 30 heavy (non-hydrogen) atoms. The molecule has 1 N–H and O–H groups in total. The highest BCUT2D eigenvalue weighted by Gasteiger charge is 2.28. The molecule has 1 unspecified atom stereocenters. The Morgan fingerprint density at radius 2 is 1.83 bits per heavy atom.